The van der Waals surface area contributed by atoms with Gasteiger partial charge in [0.25, 0.3) is 5.91 Å². The van der Waals surface area contributed by atoms with Crippen molar-refractivity contribution in [3.8, 4) is 5.75 Å². The van der Waals surface area contributed by atoms with E-state index < -0.39 is 5.82 Å². The van der Waals surface area contributed by atoms with Gasteiger partial charge in [0.2, 0.25) is 0 Å². The van der Waals surface area contributed by atoms with Crippen molar-refractivity contribution < 1.29 is 19.2 Å². The van der Waals surface area contributed by atoms with E-state index in [9.17, 15) is 9.18 Å². The van der Waals surface area contributed by atoms with Gasteiger partial charge in [-0.2, -0.15) is 0 Å². The molecule has 2 aromatic rings. The highest BCUT2D eigenvalue weighted by molar-refractivity contribution is 6.35. The minimum atomic E-state index is -0.531. The Bertz CT molecular complexity index is 756. The number of para-hydroxylation sites is 2. The number of quaternary nitrogens is 1. The van der Waals surface area contributed by atoms with Crippen molar-refractivity contribution in [1.29, 1.82) is 0 Å². The van der Waals surface area contributed by atoms with Gasteiger partial charge in [-0.15, -0.1) is 0 Å². The van der Waals surface area contributed by atoms with E-state index in [1.165, 1.54) is 12.1 Å². The molecule has 0 radical (unpaired) electrons. The Balaban J connectivity index is 1.97. The molecule has 0 saturated heterocycles. The van der Waals surface area contributed by atoms with E-state index in [0.29, 0.717) is 28.6 Å². The van der Waals surface area contributed by atoms with E-state index in [-0.39, 0.29) is 23.5 Å². The van der Waals surface area contributed by atoms with E-state index in [1.807, 2.05) is 26.0 Å². The Hall–Kier alpha value is -1.82. The molecule has 7 heteroatoms. The van der Waals surface area contributed by atoms with Crippen LogP contribution in [0.25, 0.3) is 0 Å². The van der Waals surface area contributed by atoms with Gasteiger partial charge in [0.15, 0.2) is 6.54 Å². The molecule has 0 aliphatic rings. The molecule has 1 amide bonds. The zero-order chi connectivity index (χ0) is 18.4. The molecular formula is C18H20Cl2FN2O2+. The molecule has 0 fully saturated rings. The predicted molar refractivity (Wildman–Crippen MR) is 97.9 cm³/mol. The highest BCUT2D eigenvalue weighted by atomic mass is 35.5. The van der Waals surface area contributed by atoms with E-state index >= 15 is 0 Å². The molecule has 25 heavy (non-hydrogen) atoms. The quantitative estimate of drug-likeness (QED) is 0.712. The molecule has 0 unspecified atom stereocenters. The van der Waals surface area contributed by atoms with Gasteiger partial charge in [-0.3, -0.25) is 4.79 Å². The number of amides is 1. The van der Waals surface area contributed by atoms with Crippen LogP contribution in [0.4, 0.5) is 10.1 Å². The highest BCUT2D eigenvalue weighted by Crippen LogP contribution is 2.27. The van der Waals surface area contributed by atoms with Crippen molar-refractivity contribution in [3.63, 3.8) is 0 Å². The number of hydrogen-bond donors (Lipinski definition) is 2. The van der Waals surface area contributed by atoms with Crippen molar-refractivity contribution in [2.75, 3.05) is 18.5 Å². The monoisotopic (exact) mass is 385 g/mol. The average Bonchev–Trinajstić information content (AvgIpc) is 2.58. The van der Waals surface area contributed by atoms with Gasteiger partial charge in [-0.05, 0) is 38.1 Å². The second-order valence-electron chi connectivity index (χ2n) is 5.49. The van der Waals surface area contributed by atoms with Crippen molar-refractivity contribution in [2.45, 2.75) is 19.9 Å². The summed E-state index contributed by atoms with van der Waals surface area (Å²) in [6.45, 7) is 4.39. The standard InChI is InChI=1S/C18H19Cl2FN2O2/c1-3-25-17-7-5-4-6-16(17)23-18(24)10-22-11(2)12-8-15(21)14(20)9-13(12)19/h4-9,11,22H,3,10H2,1-2H3,(H,23,24)/p+1/t11-/m1/s1. The molecule has 0 bridgehead atoms. The molecule has 2 rings (SSSR count). The molecule has 0 heterocycles. The van der Waals surface area contributed by atoms with Crippen LogP contribution >= 0.6 is 23.2 Å². The van der Waals surface area contributed by atoms with Gasteiger partial charge >= 0.3 is 0 Å². The summed E-state index contributed by atoms with van der Waals surface area (Å²) in [7, 11) is 0. The Morgan fingerprint density at radius 2 is 2.00 bits per heavy atom. The third-order valence-corrected chi connectivity index (χ3v) is 4.26. The van der Waals surface area contributed by atoms with Crippen LogP contribution in [0.1, 0.15) is 25.5 Å². The number of benzene rings is 2. The fraction of sp³-hybridized carbons (Fsp3) is 0.278. The lowest BCUT2D eigenvalue weighted by Crippen LogP contribution is -2.86. The third kappa shape index (κ3) is 5.33. The summed E-state index contributed by atoms with van der Waals surface area (Å²) < 4.78 is 19.1. The second-order valence-corrected chi connectivity index (χ2v) is 6.31. The number of carbonyl (C=O) groups excluding carboxylic acids is 1. The van der Waals surface area contributed by atoms with Crippen LogP contribution in [-0.2, 0) is 4.79 Å². The first-order valence-corrected chi connectivity index (χ1v) is 8.67. The van der Waals surface area contributed by atoms with Gasteiger partial charge in [0, 0.05) is 5.56 Å². The lowest BCUT2D eigenvalue weighted by molar-refractivity contribution is -0.682. The fourth-order valence-corrected chi connectivity index (χ4v) is 2.91. The summed E-state index contributed by atoms with van der Waals surface area (Å²) in [6, 6.07) is 9.70. The summed E-state index contributed by atoms with van der Waals surface area (Å²) in [5, 5.41) is 4.94. The molecule has 4 nitrogen and oxygen atoms in total. The zero-order valence-corrected chi connectivity index (χ0v) is 15.5. The Kier molecular flexibility index (Phi) is 7.05. The largest absolute Gasteiger partial charge is 0.492 e. The molecular weight excluding hydrogens is 366 g/mol. The van der Waals surface area contributed by atoms with Crippen LogP contribution < -0.4 is 15.4 Å². The highest BCUT2D eigenvalue weighted by Gasteiger charge is 2.17. The lowest BCUT2D eigenvalue weighted by Gasteiger charge is -2.14. The molecule has 0 aromatic heterocycles. The summed E-state index contributed by atoms with van der Waals surface area (Å²) in [4.78, 5) is 12.2. The van der Waals surface area contributed by atoms with Crippen molar-refractivity contribution in [1.82, 2.24) is 0 Å². The minimum Gasteiger partial charge on any atom is -0.492 e. The molecule has 0 aliphatic heterocycles. The number of nitrogens with two attached hydrogens (primary N) is 1. The second kappa shape index (κ2) is 9.04. The Morgan fingerprint density at radius 1 is 1.28 bits per heavy atom. The third-order valence-electron chi connectivity index (χ3n) is 3.65. The maximum atomic E-state index is 13.6. The van der Waals surface area contributed by atoms with E-state index in [0.717, 1.165) is 0 Å². The van der Waals surface area contributed by atoms with Crippen LogP contribution in [-0.4, -0.2) is 19.1 Å². The van der Waals surface area contributed by atoms with Crippen molar-refractivity contribution in [3.05, 3.63) is 57.8 Å². The van der Waals surface area contributed by atoms with Gasteiger partial charge in [0.1, 0.15) is 17.6 Å². The Morgan fingerprint density at radius 3 is 2.72 bits per heavy atom. The zero-order valence-electron chi connectivity index (χ0n) is 14.0. The van der Waals surface area contributed by atoms with E-state index in [1.54, 1.807) is 17.4 Å². The Labute approximate surface area is 156 Å². The van der Waals surface area contributed by atoms with Crippen LogP contribution in [0.15, 0.2) is 36.4 Å². The first-order chi connectivity index (χ1) is 11.9. The first kappa shape index (κ1) is 19.5. The van der Waals surface area contributed by atoms with Crippen LogP contribution in [0.3, 0.4) is 0 Å². The molecule has 3 N–H and O–H groups in total. The molecule has 0 spiro atoms. The number of nitrogens with one attached hydrogen (secondary N) is 1. The summed E-state index contributed by atoms with van der Waals surface area (Å²) >= 11 is 11.8. The van der Waals surface area contributed by atoms with Crippen LogP contribution in [0.5, 0.6) is 5.75 Å². The van der Waals surface area contributed by atoms with E-state index in [4.69, 9.17) is 27.9 Å². The molecule has 0 aliphatic carbocycles. The SMILES string of the molecule is CCOc1ccccc1NC(=O)C[NH2+][C@H](C)c1cc(F)c(Cl)cc1Cl. The summed E-state index contributed by atoms with van der Waals surface area (Å²) in [5.74, 6) is -0.102. The number of rotatable bonds is 7. The lowest BCUT2D eigenvalue weighted by atomic mass is 10.1. The molecule has 2 aromatic carbocycles. The van der Waals surface area contributed by atoms with Gasteiger partial charge < -0.3 is 15.4 Å². The number of anilines is 1. The predicted octanol–water partition coefficient (Wildman–Crippen LogP) is 3.79. The molecule has 1 atom stereocenters. The minimum absolute atomic E-state index is 0.0220. The van der Waals surface area contributed by atoms with Crippen LogP contribution in [0, 0.1) is 5.82 Å². The maximum Gasteiger partial charge on any atom is 0.279 e. The smallest absolute Gasteiger partial charge is 0.279 e. The van der Waals surface area contributed by atoms with Crippen molar-refractivity contribution in [2.24, 2.45) is 0 Å². The molecule has 134 valence electrons. The number of hydrogen-bond acceptors (Lipinski definition) is 2. The topological polar surface area (TPSA) is 54.9 Å². The van der Waals surface area contributed by atoms with Crippen molar-refractivity contribution >= 4 is 34.8 Å². The van der Waals surface area contributed by atoms with Gasteiger partial charge in [0.05, 0.1) is 22.3 Å². The normalized spacial score (nSPS) is 11.9. The van der Waals surface area contributed by atoms with Crippen LogP contribution in [0.2, 0.25) is 10.0 Å². The average molecular weight is 386 g/mol. The number of carbonyl (C=O) groups is 1. The maximum absolute atomic E-state index is 13.6. The van der Waals surface area contributed by atoms with E-state index in [2.05, 4.69) is 5.32 Å². The van der Waals surface area contributed by atoms with Gasteiger partial charge in [-0.25, -0.2) is 4.39 Å². The summed E-state index contributed by atoms with van der Waals surface area (Å²) in [5.41, 5.74) is 1.21. The number of halogens is 3. The fourth-order valence-electron chi connectivity index (χ4n) is 2.35. The molecule has 0 saturated carbocycles. The summed E-state index contributed by atoms with van der Waals surface area (Å²) in [6.07, 6.45) is 0. The number of ether oxygens (including phenoxy) is 1. The van der Waals surface area contributed by atoms with Gasteiger partial charge in [-0.1, -0.05) is 35.3 Å². The first-order valence-electron chi connectivity index (χ1n) is 7.91.